The van der Waals surface area contributed by atoms with Crippen molar-refractivity contribution in [3.8, 4) is 5.75 Å². The lowest BCUT2D eigenvalue weighted by Crippen LogP contribution is -2.30. The number of alkyl halides is 3. The fraction of sp³-hybridized carbons (Fsp3) is 0.400. The number of ether oxygens (including phenoxy) is 1. The third-order valence-electron chi connectivity index (χ3n) is 3.94. The highest BCUT2D eigenvalue weighted by molar-refractivity contribution is 5.27. The zero-order valence-corrected chi connectivity index (χ0v) is 15.0. The molecule has 2 aromatic rings. The summed E-state index contributed by atoms with van der Waals surface area (Å²) in [6.45, 7) is 3.50. The fourth-order valence-corrected chi connectivity index (χ4v) is 2.50. The van der Waals surface area contributed by atoms with Crippen LogP contribution in [0.15, 0.2) is 54.6 Å². The summed E-state index contributed by atoms with van der Waals surface area (Å²) in [5.74, 6) is 0.642. The van der Waals surface area contributed by atoms with Gasteiger partial charge in [-0.1, -0.05) is 42.5 Å². The number of hydrogen-bond donors (Lipinski definition) is 0. The first-order valence-electron chi connectivity index (χ1n) is 8.29. The van der Waals surface area contributed by atoms with Crippen LogP contribution >= 0.6 is 0 Å². The van der Waals surface area contributed by atoms with Crippen LogP contribution in [-0.4, -0.2) is 19.4 Å². The largest absolute Gasteiger partial charge is 0.497 e. The number of rotatable bonds is 8. The predicted octanol–water partition coefficient (Wildman–Crippen LogP) is 5.44. The molecule has 0 saturated carbocycles. The quantitative estimate of drug-likeness (QED) is 0.459. The van der Waals surface area contributed by atoms with Crippen molar-refractivity contribution in [3.05, 3.63) is 65.7 Å². The molecule has 3 nitrogen and oxygen atoms in total. The van der Waals surface area contributed by atoms with Crippen LogP contribution in [0.3, 0.4) is 0 Å². The van der Waals surface area contributed by atoms with E-state index < -0.39 is 24.3 Å². The highest BCUT2D eigenvalue weighted by Gasteiger charge is 2.34. The molecule has 0 saturated heterocycles. The lowest BCUT2D eigenvalue weighted by molar-refractivity contribution is -0.389. The minimum atomic E-state index is -4.35. The molecule has 0 radical (unpaired) electrons. The SMILES string of the molecule is COc1ccc(CC(CC(F)(F)F)OOC(C)(C)c2ccccc2)cc1. The van der Waals surface area contributed by atoms with Crippen LogP contribution in [0.25, 0.3) is 0 Å². The Hall–Kier alpha value is -2.05. The first-order valence-corrected chi connectivity index (χ1v) is 8.29. The van der Waals surface area contributed by atoms with Crippen molar-refractivity contribution in [2.24, 2.45) is 0 Å². The Bertz CT molecular complexity index is 667. The summed E-state index contributed by atoms with van der Waals surface area (Å²) in [5, 5.41) is 0. The highest BCUT2D eigenvalue weighted by Crippen LogP contribution is 2.29. The van der Waals surface area contributed by atoms with Gasteiger partial charge in [0.25, 0.3) is 0 Å². The second kappa shape index (κ2) is 8.56. The van der Waals surface area contributed by atoms with Crippen molar-refractivity contribution in [1.82, 2.24) is 0 Å². The van der Waals surface area contributed by atoms with E-state index in [2.05, 4.69) is 0 Å². The van der Waals surface area contributed by atoms with Crippen LogP contribution < -0.4 is 4.74 Å². The molecular formula is C20H23F3O3. The van der Waals surface area contributed by atoms with Gasteiger partial charge in [-0.3, -0.25) is 0 Å². The molecule has 0 bridgehead atoms. The molecule has 142 valence electrons. The van der Waals surface area contributed by atoms with Crippen LogP contribution in [0, 0.1) is 0 Å². The minimum absolute atomic E-state index is 0.0778. The Morgan fingerprint density at radius 1 is 0.923 bits per heavy atom. The minimum Gasteiger partial charge on any atom is -0.497 e. The van der Waals surface area contributed by atoms with E-state index >= 15 is 0 Å². The first-order chi connectivity index (χ1) is 12.2. The van der Waals surface area contributed by atoms with Crippen LogP contribution in [0.5, 0.6) is 5.75 Å². The van der Waals surface area contributed by atoms with Crippen LogP contribution in [0.4, 0.5) is 13.2 Å². The average Bonchev–Trinajstić information content (AvgIpc) is 2.60. The molecule has 0 heterocycles. The van der Waals surface area contributed by atoms with Crippen molar-refractivity contribution in [2.75, 3.05) is 7.11 Å². The molecule has 1 atom stereocenters. The van der Waals surface area contributed by atoms with Gasteiger partial charge in [-0.15, -0.1) is 0 Å². The Kier molecular flexibility index (Phi) is 6.67. The maximum Gasteiger partial charge on any atom is 0.391 e. The summed E-state index contributed by atoms with van der Waals surface area (Å²) in [5.41, 5.74) is 0.654. The van der Waals surface area contributed by atoms with Crippen molar-refractivity contribution < 1.29 is 27.7 Å². The van der Waals surface area contributed by atoms with Crippen molar-refractivity contribution in [3.63, 3.8) is 0 Å². The molecule has 0 spiro atoms. The summed E-state index contributed by atoms with van der Waals surface area (Å²) >= 11 is 0. The summed E-state index contributed by atoms with van der Waals surface area (Å²) in [7, 11) is 1.53. The van der Waals surface area contributed by atoms with Gasteiger partial charge in [-0.05, 0) is 37.1 Å². The van der Waals surface area contributed by atoms with E-state index in [9.17, 15) is 13.2 Å². The van der Waals surface area contributed by atoms with Gasteiger partial charge in [-0.2, -0.15) is 13.2 Å². The Morgan fingerprint density at radius 2 is 1.54 bits per heavy atom. The number of hydrogen-bond acceptors (Lipinski definition) is 3. The topological polar surface area (TPSA) is 27.7 Å². The molecule has 6 heteroatoms. The summed E-state index contributed by atoms with van der Waals surface area (Å²) in [6.07, 6.45) is -6.51. The van der Waals surface area contributed by atoms with Gasteiger partial charge in [0.2, 0.25) is 0 Å². The molecule has 26 heavy (non-hydrogen) atoms. The van der Waals surface area contributed by atoms with Gasteiger partial charge in [0, 0.05) is 6.42 Å². The van der Waals surface area contributed by atoms with Crippen molar-refractivity contribution >= 4 is 0 Å². The molecule has 2 rings (SSSR count). The zero-order valence-electron chi connectivity index (χ0n) is 15.0. The normalized spacial score (nSPS) is 13.5. The lowest BCUT2D eigenvalue weighted by atomic mass is 9.99. The van der Waals surface area contributed by atoms with Gasteiger partial charge in [0.15, 0.2) is 0 Å². The van der Waals surface area contributed by atoms with E-state index in [1.165, 1.54) is 7.11 Å². The van der Waals surface area contributed by atoms with Gasteiger partial charge in [-0.25, -0.2) is 9.78 Å². The van der Waals surface area contributed by atoms with E-state index in [1.54, 1.807) is 38.1 Å². The molecule has 0 amide bonds. The summed E-state index contributed by atoms with van der Waals surface area (Å²) < 4.78 is 43.8. The van der Waals surface area contributed by atoms with Gasteiger partial charge in [0.05, 0.1) is 13.5 Å². The number of halogens is 3. The number of methoxy groups -OCH3 is 1. The molecule has 0 aliphatic carbocycles. The molecule has 0 N–H and O–H groups in total. The fourth-order valence-electron chi connectivity index (χ4n) is 2.50. The monoisotopic (exact) mass is 368 g/mol. The van der Waals surface area contributed by atoms with E-state index in [4.69, 9.17) is 14.5 Å². The molecule has 0 aromatic heterocycles. The van der Waals surface area contributed by atoms with E-state index in [0.717, 1.165) is 5.56 Å². The van der Waals surface area contributed by atoms with Crippen LogP contribution in [-0.2, 0) is 21.8 Å². The van der Waals surface area contributed by atoms with E-state index in [-0.39, 0.29) is 6.42 Å². The third kappa shape index (κ3) is 6.35. The number of benzene rings is 2. The predicted molar refractivity (Wildman–Crippen MR) is 92.8 cm³/mol. The average molecular weight is 368 g/mol. The van der Waals surface area contributed by atoms with Crippen molar-refractivity contribution in [2.45, 2.75) is 44.6 Å². The Morgan fingerprint density at radius 3 is 2.08 bits per heavy atom. The van der Waals surface area contributed by atoms with Gasteiger partial charge >= 0.3 is 6.18 Å². The molecule has 0 fully saturated rings. The first kappa shape index (κ1) is 20.3. The molecule has 0 aliphatic heterocycles. The maximum absolute atomic E-state index is 12.9. The summed E-state index contributed by atoms with van der Waals surface area (Å²) in [4.78, 5) is 10.7. The van der Waals surface area contributed by atoms with Crippen LogP contribution in [0.2, 0.25) is 0 Å². The maximum atomic E-state index is 12.9. The lowest BCUT2D eigenvalue weighted by Gasteiger charge is -2.27. The van der Waals surface area contributed by atoms with E-state index in [1.807, 2.05) is 30.3 Å². The third-order valence-corrected chi connectivity index (χ3v) is 3.94. The Balaban J connectivity index is 2.06. The Labute approximate surface area is 151 Å². The van der Waals surface area contributed by atoms with Crippen molar-refractivity contribution in [1.29, 1.82) is 0 Å². The molecule has 2 aromatic carbocycles. The standard InChI is InChI=1S/C20H23F3O3/c1-19(2,16-7-5-4-6-8-16)26-25-18(14-20(21,22)23)13-15-9-11-17(24-3)12-10-15/h4-12,18H,13-14H2,1-3H3. The zero-order chi connectivity index (χ0) is 19.2. The van der Waals surface area contributed by atoms with Crippen LogP contribution in [0.1, 0.15) is 31.4 Å². The molecule has 0 aliphatic rings. The smallest absolute Gasteiger partial charge is 0.391 e. The highest BCUT2D eigenvalue weighted by atomic mass is 19.4. The molecular weight excluding hydrogens is 345 g/mol. The van der Waals surface area contributed by atoms with E-state index in [0.29, 0.717) is 11.3 Å². The summed E-state index contributed by atoms with van der Waals surface area (Å²) in [6, 6.07) is 16.1. The van der Waals surface area contributed by atoms with Gasteiger partial charge in [0.1, 0.15) is 17.5 Å². The van der Waals surface area contributed by atoms with Gasteiger partial charge < -0.3 is 4.74 Å². The molecule has 1 unspecified atom stereocenters. The second-order valence-corrected chi connectivity index (χ2v) is 6.55. The second-order valence-electron chi connectivity index (χ2n) is 6.55.